The molecule has 1 aromatic carbocycles. The molecule has 0 N–H and O–H groups in total. The van der Waals surface area contributed by atoms with Gasteiger partial charge in [-0.1, -0.05) is 29.8 Å². The predicted octanol–water partition coefficient (Wildman–Crippen LogP) is 3.65. The maximum absolute atomic E-state index is 2.32. The third-order valence-corrected chi connectivity index (χ3v) is 3.28. The van der Waals surface area contributed by atoms with Gasteiger partial charge in [-0.25, -0.2) is 0 Å². The zero-order valence-electron chi connectivity index (χ0n) is 9.70. The summed E-state index contributed by atoms with van der Waals surface area (Å²) in [5.74, 6) is 0. The second-order valence-corrected chi connectivity index (χ2v) is 4.55. The van der Waals surface area contributed by atoms with Gasteiger partial charge in [-0.3, -0.25) is 0 Å². The summed E-state index contributed by atoms with van der Waals surface area (Å²) in [7, 11) is 2.10. The third-order valence-electron chi connectivity index (χ3n) is 3.28. The van der Waals surface area contributed by atoms with E-state index in [0.717, 1.165) is 6.42 Å². The van der Waals surface area contributed by atoms with E-state index in [4.69, 9.17) is 0 Å². The first kappa shape index (κ1) is 9.46. The lowest BCUT2D eigenvalue weighted by molar-refractivity contribution is 0.936. The number of aromatic nitrogens is 1. The molecule has 0 atom stereocenters. The number of allylic oxidation sites excluding steroid dienone is 1. The largest absolute Gasteiger partial charge is 0.351 e. The second-order valence-electron chi connectivity index (χ2n) is 4.55. The molecule has 0 bridgehead atoms. The standard InChI is InChI=1S/C15H15N/c1-11-9-12-5-3-6-13(14(12)10-11)15-7-4-8-16(15)2/h3-8,10H,9H2,1-2H3. The highest BCUT2D eigenvalue weighted by Gasteiger charge is 2.14. The van der Waals surface area contributed by atoms with Crippen LogP contribution in [-0.2, 0) is 13.5 Å². The minimum atomic E-state index is 1.10. The molecule has 0 unspecified atom stereocenters. The summed E-state index contributed by atoms with van der Waals surface area (Å²) in [5.41, 5.74) is 6.96. The predicted molar refractivity (Wildman–Crippen MR) is 68.2 cm³/mol. The van der Waals surface area contributed by atoms with Gasteiger partial charge >= 0.3 is 0 Å². The lowest BCUT2D eigenvalue weighted by Crippen LogP contribution is -1.92. The molecule has 16 heavy (non-hydrogen) atoms. The van der Waals surface area contributed by atoms with Gasteiger partial charge in [0.15, 0.2) is 0 Å². The Kier molecular flexibility index (Phi) is 2.00. The Bertz CT molecular complexity index is 573. The highest BCUT2D eigenvalue weighted by molar-refractivity contribution is 5.79. The Morgan fingerprint density at radius 1 is 1.12 bits per heavy atom. The van der Waals surface area contributed by atoms with Crippen molar-refractivity contribution in [2.45, 2.75) is 13.3 Å². The van der Waals surface area contributed by atoms with Crippen molar-refractivity contribution in [1.29, 1.82) is 0 Å². The first-order valence-corrected chi connectivity index (χ1v) is 5.66. The zero-order valence-corrected chi connectivity index (χ0v) is 9.70. The molecule has 1 heteroatoms. The van der Waals surface area contributed by atoms with Crippen LogP contribution < -0.4 is 0 Å². The minimum absolute atomic E-state index is 1.10. The number of rotatable bonds is 1. The van der Waals surface area contributed by atoms with Crippen molar-refractivity contribution in [3.05, 3.63) is 53.2 Å². The number of nitrogens with zero attached hydrogens (tertiary/aromatic N) is 1. The quantitative estimate of drug-likeness (QED) is 0.675. The van der Waals surface area contributed by atoms with Crippen LogP contribution in [0.4, 0.5) is 0 Å². The molecule has 0 amide bonds. The molecule has 1 nitrogen and oxygen atoms in total. The molecule has 0 saturated heterocycles. The SMILES string of the molecule is CC1=Cc2c(cccc2-c2cccn2C)C1. The van der Waals surface area contributed by atoms with Crippen LogP contribution in [0, 0.1) is 0 Å². The van der Waals surface area contributed by atoms with E-state index in [0.29, 0.717) is 0 Å². The number of aryl methyl sites for hydroxylation is 1. The van der Waals surface area contributed by atoms with E-state index in [2.05, 4.69) is 61.1 Å². The van der Waals surface area contributed by atoms with Crippen molar-refractivity contribution in [2.75, 3.05) is 0 Å². The summed E-state index contributed by atoms with van der Waals surface area (Å²) < 4.78 is 2.18. The van der Waals surface area contributed by atoms with Crippen LogP contribution >= 0.6 is 0 Å². The molecule has 80 valence electrons. The van der Waals surface area contributed by atoms with Gasteiger partial charge in [0.05, 0.1) is 0 Å². The Balaban J connectivity index is 2.24. The van der Waals surface area contributed by atoms with Gasteiger partial charge < -0.3 is 4.57 Å². The molecule has 0 spiro atoms. The van der Waals surface area contributed by atoms with E-state index in [9.17, 15) is 0 Å². The van der Waals surface area contributed by atoms with Gasteiger partial charge in [0, 0.05) is 24.5 Å². The average Bonchev–Trinajstić information content (AvgIpc) is 2.82. The van der Waals surface area contributed by atoms with Crippen molar-refractivity contribution in [2.24, 2.45) is 7.05 Å². The van der Waals surface area contributed by atoms with E-state index in [1.165, 1.54) is 28.0 Å². The fraction of sp³-hybridized carbons (Fsp3) is 0.200. The van der Waals surface area contributed by atoms with Crippen LogP contribution in [0.2, 0.25) is 0 Å². The van der Waals surface area contributed by atoms with Crippen LogP contribution in [0.15, 0.2) is 42.1 Å². The van der Waals surface area contributed by atoms with Crippen molar-refractivity contribution < 1.29 is 0 Å². The van der Waals surface area contributed by atoms with Crippen molar-refractivity contribution in [3.8, 4) is 11.3 Å². The van der Waals surface area contributed by atoms with E-state index in [1.807, 2.05) is 0 Å². The zero-order chi connectivity index (χ0) is 11.1. The molecule has 1 aromatic heterocycles. The first-order chi connectivity index (χ1) is 7.75. The summed E-state index contributed by atoms with van der Waals surface area (Å²) >= 11 is 0. The van der Waals surface area contributed by atoms with Crippen LogP contribution in [0.3, 0.4) is 0 Å². The van der Waals surface area contributed by atoms with E-state index >= 15 is 0 Å². The van der Waals surface area contributed by atoms with Crippen LogP contribution in [0.1, 0.15) is 18.1 Å². The molecule has 3 rings (SSSR count). The maximum Gasteiger partial charge on any atom is 0.0483 e. The summed E-state index contributed by atoms with van der Waals surface area (Å²) in [6, 6.07) is 10.9. The molecule has 1 aliphatic carbocycles. The van der Waals surface area contributed by atoms with Gasteiger partial charge in [0.25, 0.3) is 0 Å². The van der Waals surface area contributed by atoms with Crippen LogP contribution in [0.5, 0.6) is 0 Å². The molecule has 0 radical (unpaired) electrons. The lowest BCUT2D eigenvalue weighted by Gasteiger charge is -2.08. The fourth-order valence-electron chi connectivity index (χ4n) is 2.50. The number of benzene rings is 1. The molecule has 1 heterocycles. The number of fused-ring (bicyclic) bond motifs is 1. The van der Waals surface area contributed by atoms with E-state index in [1.54, 1.807) is 0 Å². The second kappa shape index (κ2) is 3.38. The molecular formula is C15H15N. The summed E-state index contributed by atoms with van der Waals surface area (Å²) in [6.07, 6.45) is 5.52. The Morgan fingerprint density at radius 2 is 2.00 bits per heavy atom. The topological polar surface area (TPSA) is 4.93 Å². The highest BCUT2D eigenvalue weighted by atomic mass is 14.9. The molecule has 2 aromatic rings. The smallest absolute Gasteiger partial charge is 0.0483 e. The van der Waals surface area contributed by atoms with Crippen molar-refractivity contribution in [3.63, 3.8) is 0 Å². The summed E-state index contributed by atoms with van der Waals surface area (Å²) in [6.45, 7) is 2.20. The van der Waals surface area contributed by atoms with Crippen molar-refractivity contribution in [1.82, 2.24) is 4.57 Å². The minimum Gasteiger partial charge on any atom is -0.351 e. The third kappa shape index (κ3) is 1.32. The number of hydrogen-bond donors (Lipinski definition) is 0. The Labute approximate surface area is 96.0 Å². The van der Waals surface area contributed by atoms with E-state index < -0.39 is 0 Å². The van der Waals surface area contributed by atoms with Crippen molar-refractivity contribution >= 4 is 6.08 Å². The molecular weight excluding hydrogens is 194 g/mol. The number of hydrogen-bond acceptors (Lipinski definition) is 0. The first-order valence-electron chi connectivity index (χ1n) is 5.66. The molecule has 0 fully saturated rings. The molecule has 0 saturated carbocycles. The molecule has 1 aliphatic rings. The van der Waals surface area contributed by atoms with Gasteiger partial charge in [0.1, 0.15) is 0 Å². The summed E-state index contributed by atoms with van der Waals surface area (Å²) in [5, 5.41) is 0. The maximum atomic E-state index is 2.32. The van der Waals surface area contributed by atoms with Gasteiger partial charge in [0.2, 0.25) is 0 Å². The fourth-order valence-corrected chi connectivity index (χ4v) is 2.50. The molecule has 0 aliphatic heterocycles. The van der Waals surface area contributed by atoms with Crippen LogP contribution in [0.25, 0.3) is 17.3 Å². The highest BCUT2D eigenvalue weighted by Crippen LogP contribution is 2.33. The Hall–Kier alpha value is -1.76. The monoisotopic (exact) mass is 209 g/mol. The normalized spacial score (nSPS) is 13.8. The van der Waals surface area contributed by atoms with Crippen LogP contribution in [-0.4, -0.2) is 4.57 Å². The summed E-state index contributed by atoms with van der Waals surface area (Å²) in [4.78, 5) is 0. The van der Waals surface area contributed by atoms with Gasteiger partial charge in [-0.2, -0.15) is 0 Å². The lowest BCUT2D eigenvalue weighted by atomic mass is 10.0. The Morgan fingerprint density at radius 3 is 2.75 bits per heavy atom. The van der Waals surface area contributed by atoms with E-state index in [-0.39, 0.29) is 0 Å². The average molecular weight is 209 g/mol. The van der Waals surface area contributed by atoms with Gasteiger partial charge in [-0.15, -0.1) is 0 Å². The van der Waals surface area contributed by atoms with Gasteiger partial charge in [-0.05, 0) is 36.6 Å².